The number of piperazine rings is 1. The number of hydrogen-bond donors (Lipinski definition) is 0. The normalized spacial score (nSPS) is 22.1. The first-order valence-electron chi connectivity index (χ1n) is 6.60. The molecule has 20 heavy (non-hydrogen) atoms. The van der Waals surface area contributed by atoms with Gasteiger partial charge in [0.1, 0.15) is 5.82 Å². The molecule has 2 fully saturated rings. The molecule has 2 saturated heterocycles. The molecule has 0 saturated carbocycles. The lowest BCUT2D eigenvalue weighted by atomic mass is 10.1. The zero-order valence-corrected chi connectivity index (χ0v) is 12.4. The van der Waals surface area contributed by atoms with Crippen LogP contribution in [0.25, 0.3) is 0 Å². The van der Waals surface area contributed by atoms with E-state index in [2.05, 4.69) is 15.9 Å². The Balaban J connectivity index is 1.75. The summed E-state index contributed by atoms with van der Waals surface area (Å²) in [5, 5.41) is 0. The largest absolute Gasteiger partial charge is 0.336 e. The van der Waals surface area contributed by atoms with Crippen LogP contribution in [0.1, 0.15) is 23.2 Å². The van der Waals surface area contributed by atoms with Gasteiger partial charge in [0.25, 0.3) is 5.91 Å². The van der Waals surface area contributed by atoms with E-state index in [1.807, 2.05) is 4.90 Å². The molecule has 0 aliphatic carbocycles. The maximum Gasteiger partial charge on any atom is 0.254 e. The maximum atomic E-state index is 13.5. The maximum absolute atomic E-state index is 13.5. The first-order chi connectivity index (χ1) is 9.56. The molecule has 2 amide bonds. The highest BCUT2D eigenvalue weighted by atomic mass is 79.9. The summed E-state index contributed by atoms with van der Waals surface area (Å²) in [7, 11) is 0. The molecule has 3 rings (SSSR count). The van der Waals surface area contributed by atoms with Crippen LogP contribution in [0, 0.1) is 5.82 Å². The van der Waals surface area contributed by atoms with Crippen LogP contribution in [-0.2, 0) is 4.79 Å². The highest BCUT2D eigenvalue weighted by Gasteiger charge is 2.37. The van der Waals surface area contributed by atoms with Crippen LogP contribution in [-0.4, -0.2) is 47.3 Å². The van der Waals surface area contributed by atoms with Gasteiger partial charge in [-0.25, -0.2) is 4.39 Å². The summed E-state index contributed by atoms with van der Waals surface area (Å²) in [5.74, 6) is -0.433. The van der Waals surface area contributed by atoms with Gasteiger partial charge in [-0.05, 0) is 40.5 Å². The standard InChI is InChI=1S/C14H14BrFN2O2/c15-11-3-1-9(7-12(11)16)14(20)17-5-6-18-10(8-17)2-4-13(18)19/h1,3,7,10H,2,4-6,8H2. The fourth-order valence-electron chi connectivity index (χ4n) is 2.86. The second-order valence-electron chi connectivity index (χ2n) is 5.16. The number of rotatable bonds is 1. The van der Waals surface area contributed by atoms with Gasteiger partial charge in [0.2, 0.25) is 5.91 Å². The minimum atomic E-state index is -0.439. The van der Waals surface area contributed by atoms with Crippen LogP contribution in [0.4, 0.5) is 4.39 Å². The molecular formula is C14H14BrFN2O2. The van der Waals surface area contributed by atoms with Gasteiger partial charge in [-0.2, -0.15) is 0 Å². The molecule has 0 N–H and O–H groups in total. The van der Waals surface area contributed by atoms with Crippen LogP contribution < -0.4 is 0 Å². The topological polar surface area (TPSA) is 40.6 Å². The fraction of sp³-hybridized carbons (Fsp3) is 0.429. The number of fused-ring (bicyclic) bond motifs is 1. The van der Waals surface area contributed by atoms with E-state index in [1.165, 1.54) is 12.1 Å². The Morgan fingerprint density at radius 1 is 1.35 bits per heavy atom. The molecule has 1 aromatic carbocycles. The van der Waals surface area contributed by atoms with Crippen LogP contribution >= 0.6 is 15.9 Å². The number of benzene rings is 1. The quantitative estimate of drug-likeness (QED) is 0.784. The van der Waals surface area contributed by atoms with Crippen LogP contribution in [0.3, 0.4) is 0 Å². The Morgan fingerprint density at radius 3 is 2.90 bits per heavy atom. The van der Waals surface area contributed by atoms with E-state index in [4.69, 9.17) is 0 Å². The molecule has 0 bridgehead atoms. The van der Waals surface area contributed by atoms with E-state index in [0.717, 1.165) is 6.42 Å². The number of halogens is 2. The van der Waals surface area contributed by atoms with E-state index in [9.17, 15) is 14.0 Å². The van der Waals surface area contributed by atoms with Gasteiger partial charge in [-0.15, -0.1) is 0 Å². The van der Waals surface area contributed by atoms with Gasteiger partial charge in [0.15, 0.2) is 0 Å². The fourth-order valence-corrected chi connectivity index (χ4v) is 3.11. The van der Waals surface area contributed by atoms with Crippen molar-refractivity contribution in [3.05, 3.63) is 34.1 Å². The number of carbonyl (C=O) groups excluding carboxylic acids is 2. The zero-order chi connectivity index (χ0) is 14.3. The molecule has 1 atom stereocenters. The van der Waals surface area contributed by atoms with E-state index in [-0.39, 0.29) is 17.9 Å². The average Bonchev–Trinajstić information content (AvgIpc) is 2.82. The average molecular weight is 341 g/mol. The number of amides is 2. The molecule has 2 heterocycles. The van der Waals surface area contributed by atoms with E-state index >= 15 is 0 Å². The van der Waals surface area contributed by atoms with Crippen LogP contribution in [0.15, 0.2) is 22.7 Å². The van der Waals surface area contributed by atoms with Crippen LogP contribution in [0.2, 0.25) is 0 Å². The van der Waals surface area contributed by atoms with Crippen molar-refractivity contribution in [1.29, 1.82) is 0 Å². The Kier molecular flexibility index (Phi) is 3.50. The SMILES string of the molecule is O=C(c1ccc(Br)c(F)c1)N1CCN2C(=O)CCC2C1. The lowest BCUT2D eigenvalue weighted by Crippen LogP contribution is -2.53. The summed E-state index contributed by atoms with van der Waals surface area (Å²) >= 11 is 3.07. The number of nitrogens with zero attached hydrogens (tertiary/aromatic N) is 2. The highest BCUT2D eigenvalue weighted by molar-refractivity contribution is 9.10. The van der Waals surface area contributed by atoms with Gasteiger partial charge in [-0.3, -0.25) is 9.59 Å². The van der Waals surface area contributed by atoms with Crippen molar-refractivity contribution < 1.29 is 14.0 Å². The summed E-state index contributed by atoms with van der Waals surface area (Å²) in [6.07, 6.45) is 1.37. The number of hydrogen-bond acceptors (Lipinski definition) is 2. The van der Waals surface area contributed by atoms with Crippen molar-refractivity contribution >= 4 is 27.7 Å². The summed E-state index contributed by atoms with van der Waals surface area (Å²) in [4.78, 5) is 27.5. The Hall–Kier alpha value is -1.43. The Morgan fingerprint density at radius 2 is 2.15 bits per heavy atom. The summed E-state index contributed by atoms with van der Waals surface area (Å²) in [6.45, 7) is 1.63. The van der Waals surface area contributed by atoms with Gasteiger partial charge in [-0.1, -0.05) is 0 Å². The van der Waals surface area contributed by atoms with Gasteiger partial charge in [0.05, 0.1) is 4.47 Å². The minimum absolute atomic E-state index is 0.125. The van der Waals surface area contributed by atoms with E-state index in [0.29, 0.717) is 36.1 Å². The van der Waals surface area contributed by atoms with E-state index in [1.54, 1.807) is 11.0 Å². The third kappa shape index (κ3) is 2.32. The predicted octanol–water partition coefficient (Wildman–Crippen LogP) is 2.04. The van der Waals surface area contributed by atoms with Crippen LogP contribution in [0.5, 0.6) is 0 Å². The molecule has 4 nitrogen and oxygen atoms in total. The molecule has 0 aromatic heterocycles. The summed E-state index contributed by atoms with van der Waals surface area (Å²) in [6, 6.07) is 4.53. The molecule has 0 spiro atoms. The molecule has 2 aliphatic rings. The van der Waals surface area contributed by atoms with Crippen molar-refractivity contribution in [2.45, 2.75) is 18.9 Å². The van der Waals surface area contributed by atoms with Gasteiger partial charge < -0.3 is 9.80 Å². The predicted molar refractivity (Wildman–Crippen MR) is 74.7 cm³/mol. The van der Waals surface area contributed by atoms with Gasteiger partial charge in [0, 0.05) is 37.7 Å². The first-order valence-corrected chi connectivity index (χ1v) is 7.39. The molecule has 0 radical (unpaired) electrons. The highest BCUT2D eigenvalue weighted by Crippen LogP contribution is 2.24. The minimum Gasteiger partial charge on any atom is -0.336 e. The third-order valence-corrected chi connectivity index (χ3v) is 4.59. The lowest BCUT2D eigenvalue weighted by molar-refractivity contribution is -0.130. The molecule has 2 aliphatic heterocycles. The first kappa shape index (κ1) is 13.5. The number of carbonyl (C=O) groups is 2. The third-order valence-electron chi connectivity index (χ3n) is 3.95. The van der Waals surface area contributed by atoms with Crippen molar-refractivity contribution in [1.82, 2.24) is 9.80 Å². The molecular weight excluding hydrogens is 327 g/mol. The Labute approximate surface area is 124 Å². The summed E-state index contributed by atoms with van der Waals surface area (Å²) in [5.41, 5.74) is 0.350. The Bertz CT molecular complexity index is 578. The molecule has 1 unspecified atom stereocenters. The lowest BCUT2D eigenvalue weighted by Gasteiger charge is -2.37. The second kappa shape index (κ2) is 5.16. The van der Waals surface area contributed by atoms with Crippen molar-refractivity contribution in [3.63, 3.8) is 0 Å². The monoisotopic (exact) mass is 340 g/mol. The molecule has 106 valence electrons. The van der Waals surface area contributed by atoms with E-state index < -0.39 is 5.82 Å². The summed E-state index contributed by atoms with van der Waals surface area (Å²) < 4.78 is 13.8. The van der Waals surface area contributed by atoms with Crippen molar-refractivity contribution in [2.24, 2.45) is 0 Å². The smallest absolute Gasteiger partial charge is 0.254 e. The second-order valence-corrected chi connectivity index (χ2v) is 6.01. The molecule has 1 aromatic rings. The zero-order valence-electron chi connectivity index (χ0n) is 10.8. The van der Waals surface area contributed by atoms with Gasteiger partial charge >= 0.3 is 0 Å². The van der Waals surface area contributed by atoms with Crippen molar-refractivity contribution in [3.8, 4) is 0 Å². The molecule has 6 heteroatoms. The van der Waals surface area contributed by atoms with Crippen molar-refractivity contribution in [2.75, 3.05) is 19.6 Å².